The summed E-state index contributed by atoms with van der Waals surface area (Å²) in [4.78, 5) is 0. The summed E-state index contributed by atoms with van der Waals surface area (Å²) in [5, 5.41) is 3.63. The monoisotopic (exact) mass is 291 g/mol. The molecule has 0 amide bonds. The van der Waals surface area contributed by atoms with Gasteiger partial charge in [-0.2, -0.15) is 0 Å². The number of ether oxygens (including phenoxy) is 1. The third-order valence-electron chi connectivity index (χ3n) is 3.80. The topological polar surface area (TPSA) is 21.3 Å². The van der Waals surface area contributed by atoms with E-state index < -0.39 is 0 Å². The van der Waals surface area contributed by atoms with Crippen molar-refractivity contribution in [3.8, 4) is 0 Å². The molecule has 0 aliphatic rings. The molecule has 0 radical (unpaired) electrons. The first kappa shape index (κ1) is 18.2. The van der Waals surface area contributed by atoms with E-state index in [-0.39, 0.29) is 0 Å². The van der Waals surface area contributed by atoms with Crippen LogP contribution in [0, 0.1) is 18.8 Å². The number of unbranched alkanes of at least 4 members (excludes halogenated alkanes) is 1. The van der Waals surface area contributed by atoms with Gasteiger partial charge in [-0.25, -0.2) is 0 Å². The molecule has 0 heterocycles. The van der Waals surface area contributed by atoms with Crippen LogP contribution in [-0.2, 0) is 11.2 Å². The van der Waals surface area contributed by atoms with E-state index in [1.165, 1.54) is 36.8 Å². The molecule has 21 heavy (non-hydrogen) atoms. The van der Waals surface area contributed by atoms with Crippen molar-refractivity contribution in [3.63, 3.8) is 0 Å². The molecule has 2 nitrogen and oxygen atoms in total. The third kappa shape index (κ3) is 8.90. The molecule has 0 aliphatic heterocycles. The quantitative estimate of drug-likeness (QED) is 0.616. The molecule has 0 fully saturated rings. The van der Waals surface area contributed by atoms with Crippen LogP contribution >= 0.6 is 0 Å². The average molecular weight is 291 g/mol. The predicted molar refractivity (Wildman–Crippen MR) is 91.8 cm³/mol. The lowest BCUT2D eigenvalue weighted by atomic mass is 9.93. The van der Waals surface area contributed by atoms with Gasteiger partial charge in [-0.05, 0) is 56.7 Å². The molecule has 2 heteroatoms. The minimum absolute atomic E-state index is 0.720. The summed E-state index contributed by atoms with van der Waals surface area (Å²) in [6.07, 6.45) is 4.89. The van der Waals surface area contributed by atoms with Crippen molar-refractivity contribution in [2.45, 2.75) is 46.5 Å². The molecule has 1 atom stereocenters. The highest BCUT2D eigenvalue weighted by Gasteiger charge is 2.10. The highest BCUT2D eigenvalue weighted by atomic mass is 16.5. The Balaban J connectivity index is 2.45. The smallest absolute Gasteiger partial charge is 0.0462 e. The summed E-state index contributed by atoms with van der Waals surface area (Å²) in [5.41, 5.74) is 2.83. The maximum absolute atomic E-state index is 5.15. The number of rotatable bonds is 11. The van der Waals surface area contributed by atoms with E-state index in [1.54, 1.807) is 7.11 Å². The van der Waals surface area contributed by atoms with Crippen molar-refractivity contribution >= 4 is 0 Å². The molecule has 1 aromatic carbocycles. The van der Waals surface area contributed by atoms with E-state index in [4.69, 9.17) is 4.74 Å². The van der Waals surface area contributed by atoms with Crippen LogP contribution in [-0.4, -0.2) is 26.8 Å². The Morgan fingerprint density at radius 2 is 1.95 bits per heavy atom. The van der Waals surface area contributed by atoms with Gasteiger partial charge in [-0.1, -0.05) is 50.1 Å². The maximum atomic E-state index is 5.15. The normalized spacial score (nSPS) is 12.8. The average Bonchev–Trinajstić information content (AvgIpc) is 2.43. The van der Waals surface area contributed by atoms with Gasteiger partial charge in [0.15, 0.2) is 0 Å². The van der Waals surface area contributed by atoms with Crippen LogP contribution in [0.3, 0.4) is 0 Å². The highest BCUT2D eigenvalue weighted by molar-refractivity contribution is 5.22. The Morgan fingerprint density at radius 1 is 1.14 bits per heavy atom. The first-order valence-corrected chi connectivity index (χ1v) is 8.37. The number of nitrogens with one attached hydrogen (secondary N) is 1. The zero-order chi connectivity index (χ0) is 15.5. The molecule has 0 spiro atoms. The van der Waals surface area contributed by atoms with Crippen molar-refractivity contribution in [2.75, 3.05) is 26.8 Å². The van der Waals surface area contributed by atoms with Crippen molar-refractivity contribution in [1.82, 2.24) is 5.32 Å². The number of benzene rings is 1. The lowest BCUT2D eigenvalue weighted by Crippen LogP contribution is -2.27. The number of aryl methyl sites for hydroxylation is 1. The van der Waals surface area contributed by atoms with Crippen molar-refractivity contribution in [1.29, 1.82) is 0 Å². The van der Waals surface area contributed by atoms with E-state index >= 15 is 0 Å². The Labute approximate surface area is 131 Å². The van der Waals surface area contributed by atoms with Gasteiger partial charge in [-0.15, -0.1) is 0 Å². The van der Waals surface area contributed by atoms with Gasteiger partial charge in [-0.3, -0.25) is 0 Å². The third-order valence-corrected chi connectivity index (χ3v) is 3.80. The zero-order valence-corrected chi connectivity index (χ0v) is 14.3. The van der Waals surface area contributed by atoms with Crippen molar-refractivity contribution in [2.24, 2.45) is 11.8 Å². The van der Waals surface area contributed by atoms with Crippen LogP contribution in [0.4, 0.5) is 0 Å². The highest BCUT2D eigenvalue weighted by Crippen LogP contribution is 2.16. The molecule has 0 saturated carbocycles. The van der Waals surface area contributed by atoms with Crippen molar-refractivity contribution in [3.05, 3.63) is 35.4 Å². The molecular weight excluding hydrogens is 258 g/mol. The Morgan fingerprint density at radius 3 is 2.62 bits per heavy atom. The van der Waals surface area contributed by atoms with Gasteiger partial charge in [0.2, 0.25) is 0 Å². The van der Waals surface area contributed by atoms with Crippen molar-refractivity contribution < 1.29 is 4.74 Å². The molecule has 0 aliphatic carbocycles. The van der Waals surface area contributed by atoms with Gasteiger partial charge in [0.25, 0.3) is 0 Å². The lowest BCUT2D eigenvalue weighted by Gasteiger charge is -2.19. The number of hydrogen-bond acceptors (Lipinski definition) is 2. The summed E-state index contributed by atoms with van der Waals surface area (Å²) >= 11 is 0. The molecule has 1 N–H and O–H groups in total. The van der Waals surface area contributed by atoms with Gasteiger partial charge >= 0.3 is 0 Å². The van der Waals surface area contributed by atoms with E-state index in [9.17, 15) is 0 Å². The van der Waals surface area contributed by atoms with Gasteiger partial charge in [0, 0.05) is 13.7 Å². The lowest BCUT2D eigenvalue weighted by molar-refractivity contribution is 0.190. The summed E-state index contributed by atoms with van der Waals surface area (Å²) in [6, 6.07) is 8.94. The fourth-order valence-corrected chi connectivity index (χ4v) is 2.70. The summed E-state index contributed by atoms with van der Waals surface area (Å²) in [7, 11) is 1.79. The molecule has 120 valence electrons. The van der Waals surface area contributed by atoms with Crippen LogP contribution in [0.25, 0.3) is 0 Å². The van der Waals surface area contributed by atoms with Crippen LogP contribution < -0.4 is 5.32 Å². The fourth-order valence-electron chi connectivity index (χ4n) is 2.70. The second kappa shape index (κ2) is 10.8. The van der Waals surface area contributed by atoms with E-state index in [1.807, 2.05) is 0 Å². The molecule has 0 aromatic heterocycles. The van der Waals surface area contributed by atoms with E-state index in [0.29, 0.717) is 0 Å². The zero-order valence-electron chi connectivity index (χ0n) is 14.3. The number of methoxy groups -OCH3 is 1. The minimum Gasteiger partial charge on any atom is -0.385 e. The maximum Gasteiger partial charge on any atom is 0.0462 e. The van der Waals surface area contributed by atoms with Gasteiger partial charge in [0.05, 0.1) is 0 Å². The fraction of sp³-hybridized carbons (Fsp3) is 0.684. The van der Waals surface area contributed by atoms with Crippen LogP contribution in [0.15, 0.2) is 24.3 Å². The molecular formula is C19H33NO. The first-order chi connectivity index (χ1) is 10.1. The summed E-state index contributed by atoms with van der Waals surface area (Å²) in [5.74, 6) is 1.44. The second-order valence-corrected chi connectivity index (χ2v) is 6.60. The first-order valence-electron chi connectivity index (χ1n) is 8.37. The largest absolute Gasteiger partial charge is 0.385 e. The van der Waals surface area contributed by atoms with E-state index in [0.717, 1.165) is 31.5 Å². The Kier molecular flexibility index (Phi) is 9.36. The number of hydrogen-bond donors (Lipinski definition) is 1. The molecule has 1 aromatic rings. The Hall–Kier alpha value is -0.860. The molecule has 0 bridgehead atoms. The van der Waals surface area contributed by atoms with E-state index in [2.05, 4.69) is 50.4 Å². The minimum atomic E-state index is 0.720. The standard InChI is InChI=1S/C19H33NO/c1-16(2)14-20-15-19(9-5-6-11-21-4)13-18-10-7-8-17(3)12-18/h7-8,10,12,16,19-20H,5-6,9,11,13-15H2,1-4H3. The van der Waals surface area contributed by atoms with Gasteiger partial charge in [0.1, 0.15) is 0 Å². The SMILES string of the molecule is COCCCCC(CNCC(C)C)Cc1cccc(C)c1. The van der Waals surface area contributed by atoms with Crippen LogP contribution in [0.2, 0.25) is 0 Å². The summed E-state index contributed by atoms with van der Waals surface area (Å²) in [6.45, 7) is 9.83. The van der Waals surface area contributed by atoms with Crippen LogP contribution in [0.5, 0.6) is 0 Å². The van der Waals surface area contributed by atoms with Gasteiger partial charge < -0.3 is 10.1 Å². The summed E-state index contributed by atoms with van der Waals surface area (Å²) < 4.78 is 5.15. The predicted octanol–water partition coefficient (Wildman–Crippen LogP) is 4.22. The van der Waals surface area contributed by atoms with Crippen LogP contribution in [0.1, 0.15) is 44.2 Å². The second-order valence-electron chi connectivity index (χ2n) is 6.60. The molecule has 0 saturated heterocycles. The Bertz CT molecular complexity index is 376. The molecule has 1 unspecified atom stereocenters. The molecule has 1 rings (SSSR count).